The minimum absolute atomic E-state index is 0.0660. The molecule has 0 spiro atoms. The third-order valence-corrected chi connectivity index (χ3v) is 10.7. The molecule has 0 heterocycles. The summed E-state index contributed by atoms with van der Waals surface area (Å²) < 4.78 is 17.3. The standard InChI is InChI=1S/C55H96O5/c1-4-7-10-13-16-18-20-22-24-26-28-29-31-33-35-37-40-42-45-48-54(56)59-52-53(60-55(57)49-46-43-39-15-12-9-6-3)51-58-50-47-44-41-38-36-34-32-30-27-25-23-21-19-17-14-11-8-5-2/h7,10,16,18,22-25,28-29,33,35,53H,4-6,8-9,11-15,17,19-21,26-27,30-32,34,36-52H2,1-3H3/b10-7-,18-16-,24-22-,25-23-,29-28-,35-33-. The Hall–Kier alpha value is -2.66. The van der Waals surface area contributed by atoms with Gasteiger partial charge in [-0.2, -0.15) is 0 Å². The van der Waals surface area contributed by atoms with Crippen molar-refractivity contribution in [2.24, 2.45) is 0 Å². The molecular weight excluding hydrogens is 741 g/mol. The zero-order valence-corrected chi connectivity index (χ0v) is 39.7. The maximum absolute atomic E-state index is 12.7. The van der Waals surface area contributed by atoms with Gasteiger partial charge in [0, 0.05) is 19.4 Å². The molecule has 1 atom stereocenters. The van der Waals surface area contributed by atoms with Crippen LogP contribution in [0.1, 0.15) is 239 Å². The molecule has 0 aliphatic carbocycles. The zero-order chi connectivity index (χ0) is 43.5. The van der Waals surface area contributed by atoms with Gasteiger partial charge in [-0.25, -0.2) is 0 Å². The van der Waals surface area contributed by atoms with E-state index >= 15 is 0 Å². The quantitative estimate of drug-likeness (QED) is 0.0347. The van der Waals surface area contributed by atoms with Gasteiger partial charge in [0.15, 0.2) is 6.10 Å². The number of hydrogen-bond donors (Lipinski definition) is 0. The second-order valence-corrected chi connectivity index (χ2v) is 16.7. The molecular formula is C55H96O5. The summed E-state index contributed by atoms with van der Waals surface area (Å²) in [6.07, 6.45) is 64.9. The molecule has 60 heavy (non-hydrogen) atoms. The molecule has 0 saturated heterocycles. The fraction of sp³-hybridized carbons (Fsp3) is 0.745. The van der Waals surface area contributed by atoms with Gasteiger partial charge in [0.2, 0.25) is 0 Å². The molecule has 0 rings (SSSR count). The van der Waals surface area contributed by atoms with Gasteiger partial charge in [-0.05, 0) is 89.9 Å². The SMILES string of the molecule is CC/C=C\C/C=C\C/C=C\C/C=C\C/C=C\CCCCCC(=O)OCC(COCCCCCCCCCC/C=C\CCCCCCCC)OC(=O)CCCCCCCCC. The Bertz CT molecular complexity index is 1080. The van der Waals surface area contributed by atoms with Crippen LogP contribution in [-0.2, 0) is 23.8 Å². The predicted octanol–water partition coefficient (Wildman–Crippen LogP) is 17.1. The van der Waals surface area contributed by atoms with E-state index in [1.165, 1.54) is 116 Å². The summed E-state index contributed by atoms with van der Waals surface area (Å²) in [5.41, 5.74) is 0. The summed E-state index contributed by atoms with van der Waals surface area (Å²) in [7, 11) is 0. The van der Waals surface area contributed by atoms with E-state index in [4.69, 9.17) is 14.2 Å². The lowest BCUT2D eigenvalue weighted by molar-refractivity contribution is -0.163. The first-order chi connectivity index (χ1) is 29.6. The minimum atomic E-state index is -0.549. The number of hydrogen-bond acceptors (Lipinski definition) is 5. The summed E-state index contributed by atoms with van der Waals surface area (Å²) in [6, 6.07) is 0. The van der Waals surface area contributed by atoms with Crippen LogP contribution in [0.2, 0.25) is 0 Å². The summed E-state index contributed by atoms with van der Waals surface area (Å²) in [4.78, 5) is 25.2. The van der Waals surface area contributed by atoms with Crippen LogP contribution in [0.25, 0.3) is 0 Å². The Morgan fingerprint density at radius 1 is 0.383 bits per heavy atom. The van der Waals surface area contributed by atoms with Gasteiger partial charge in [0.1, 0.15) is 6.61 Å². The van der Waals surface area contributed by atoms with Crippen LogP contribution in [0.5, 0.6) is 0 Å². The number of carbonyl (C=O) groups is 2. The molecule has 0 aliphatic rings. The highest BCUT2D eigenvalue weighted by atomic mass is 16.6. The highest BCUT2D eigenvalue weighted by molar-refractivity contribution is 5.70. The smallest absolute Gasteiger partial charge is 0.306 e. The molecule has 0 bridgehead atoms. The molecule has 0 saturated carbocycles. The Kier molecular flexibility index (Phi) is 48.4. The van der Waals surface area contributed by atoms with Gasteiger partial charge in [-0.3, -0.25) is 9.59 Å². The fourth-order valence-corrected chi connectivity index (χ4v) is 6.94. The number of allylic oxidation sites excluding steroid dienone is 12. The van der Waals surface area contributed by atoms with Gasteiger partial charge in [0.05, 0.1) is 6.61 Å². The van der Waals surface area contributed by atoms with Crippen LogP contribution in [0.15, 0.2) is 72.9 Å². The maximum atomic E-state index is 12.7. The summed E-state index contributed by atoms with van der Waals surface area (Å²) in [6.45, 7) is 7.64. The van der Waals surface area contributed by atoms with Crippen molar-refractivity contribution in [2.45, 2.75) is 245 Å². The van der Waals surface area contributed by atoms with E-state index in [2.05, 4.69) is 93.7 Å². The summed E-state index contributed by atoms with van der Waals surface area (Å²) >= 11 is 0. The minimum Gasteiger partial charge on any atom is -0.462 e. The Morgan fingerprint density at radius 3 is 1.23 bits per heavy atom. The van der Waals surface area contributed by atoms with E-state index in [9.17, 15) is 9.59 Å². The topological polar surface area (TPSA) is 61.8 Å². The average Bonchev–Trinajstić information content (AvgIpc) is 3.25. The van der Waals surface area contributed by atoms with E-state index < -0.39 is 6.10 Å². The molecule has 0 N–H and O–H groups in total. The predicted molar refractivity (Wildman–Crippen MR) is 260 cm³/mol. The summed E-state index contributed by atoms with van der Waals surface area (Å²) in [5, 5.41) is 0. The first kappa shape index (κ1) is 57.3. The zero-order valence-electron chi connectivity index (χ0n) is 39.7. The van der Waals surface area contributed by atoms with Gasteiger partial charge < -0.3 is 14.2 Å². The molecule has 0 aromatic heterocycles. The number of unbranched alkanes of at least 4 members (excludes halogenated alkanes) is 23. The Morgan fingerprint density at radius 2 is 0.750 bits per heavy atom. The maximum Gasteiger partial charge on any atom is 0.306 e. The monoisotopic (exact) mass is 837 g/mol. The average molecular weight is 837 g/mol. The fourth-order valence-electron chi connectivity index (χ4n) is 6.94. The molecule has 0 aromatic carbocycles. The first-order valence-corrected chi connectivity index (χ1v) is 25.5. The van der Waals surface area contributed by atoms with Crippen molar-refractivity contribution in [3.05, 3.63) is 72.9 Å². The molecule has 1 unspecified atom stereocenters. The highest BCUT2D eigenvalue weighted by Crippen LogP contribution is 2.13. The molecule has 5 nitrogen and oxygen atoms in total. The normalized spacial score (nSPS) is 12.8. The number of esters is 2. The second kappa shape index (κ2) is 50.7. The van der Waals surface area contributed by atoms with Crippen LogP contribution >= 0.6 is 0 Å². The van der Waals surface area contributed by atoms with Gasteiger partial charge in [0.25, 0.3) is 0 Å². The van der Waals surface area contributed by atoms with Crippen LogP contribution in [-0.4, -0.2) is 37.9 Å². The van der Waals surface area contributed by atoms with Gasteiger partial charge in [-0.1, -0.05) is 209 Å². The van der Waals surface area contributed by atoms with Crippen molar-refractivity contribution in [1.82, 2.24) is 0 Å². The van der Waals surface area contributed by atoms with Gasteiger partial charge >= 0.3 is 11.9 Å². The van der Waals surface area contributed by atoms with Crippen molar-refractivity contribution in [1.29, 1.82) is 0 Å². The van der Waals surface area contributed by atoms with Crippen molar-refractivity contribution in [3.8, 4) is 0 Å². The molecule has 0 fully saturated rings. The Labute approximate surface area is 372 Å². The van der Waals surface area contributed by atoms with Gasteiger partial charge in [-0.15, -0.1) is 0 Å². The van der Waals surface area contributed by atoms with Crippen molar-refractivity contribution in [2.75, 3.05) is 19.8 Å². The number of ether oxygens (including phenoxy) is 3. The van der Waals surface area contributed by atoms with E-state index in [1.807, 2.05) is 0 Å². The lowest BCUT2D eigenvalue weighted by atomic mass is 10.1. The second-order valence-electron chi connectivity index (χ2n) is 16.7. The molecule has 5 heteroatoms. The summed E-state index contributed by atoms with van der Waals surface area (Å²) in [5.74, 6) is -0.439. The van der Waals surface area contributed by atoms with E-state index in [1.54, 1.807) is 0 Å². The van der Waals surface area contributed by atoms with E-state index in [0.29, 0.717) is 19.4 Å². The van der Waals surface area contributed by atoms with E-state index in [-0.39, 0.29) is 25.2 Å². The van der Waals surface area contributed by atoms with Crippen molar-refractivity contribution in [3.63, 3.8) is 0 Å². The largest absolute Gasteiger partial charge is 0.462 e. The number of carbonyl (C=O) groups excluding carboxylic acids is 2. The van der Waals surface area contributed by atoms with Crippen molar-refractivity contribution < 1.29 is 23.8 Å². The van der Waals surface area contributed by atoms with E-state index in [0.717, 1.165) is 89.9 Å². The molecule has 346 valence electrons. The van der Waals surface area contributed by atoms with Crippen LogP contribution < -0.4 is 0 Å². The highest BCUT2D eigenvalue weighted by Gasteiger charge is 2.17. The number of rotatable bonds is 46. The molecule has 0 radical (unpaired) electrons. The van der Waals surface area contributed by atoms with Crippen molar-refractivity contribution >= 4 is 11.9 Å². The molecule has 0 aliphatic heterocycles. The Balaban J connectivity index is 4.18. The van der Waals surface area contributed by atoms with Crippen LogP contribution in [0.3, 0.4) is 0 Å². The lowest BCUT2D eigenvalue weighted by Gasteiger charge is -2.18. The van der Waals surface area contributed by atoms with Crippen LogP contribution in [0.4, 0.5) is 0 Å². The first-order valence-electron chi connectivity index (χ1n) is 25.5. The molecule has 0 aromatic rings. The molecule has 0 amide bonds. The third-order valence-electron chi connectivity index (χ3n) is 10.7. The third kappa shape index (κ3) is 48.0. The van der Waals surface area contributed by atoms with Crippen LogP contribution in [0, 0.1) is 0 Å². The lowest BCUT2D eigenvalue weighted by Crippen LogP contribution is -2.30.